The van der Waals surface area contributed by atoms with Crippen LogP contribution in [0.15, 0.2) is 0 Å². The third kappa shape index (κ3) is 32.5. The molecule has 0 aromatic carbocycles. The minimum absolute atomic E-state index is 0.943. The van der Waals surface area contributed by atoms with Crippen molar-refractivity contribution in [1.29, 1.82) is 0 Å². The molecular weight excluding hydrogens is 480 g/mol. The van der Waals surface area contributed by atoms with E-state index in [2.05, 4.69) is 34.6 Å². The first-order valence-corrected chi connectivity index (χ1v) is 19.6. The molecule has 0 heteroatoms. The van der Waals surface area contributed by atoms with E-state index in [9.17, 15) is 0 Å². The van der Waals surface area contributed by atoms with E-state index in [1.54, 1.807) is 0 Å². The van der Waals surface area contributed by atoms with Gasteiger partial charge in [0, 0.05) is 0 Å². The third-order valence-electron chi connectivity index (χ3n) is 10.0. The highest BCUT2D eigenvalue weighted by molar-refractivity contribution is 4.60. The van der Waals surface area contributed by atoms with Crippen LogP contribution in [0.4, 0.5) is 0 Å². The molecule has 0 amide bonds. The second-order valence-electron chi connectivity index (χ2n) is 14.5. The van der Waals surface area contributed by atoms with Crippen molar-refractivity contribution in [3.05, 3.63) is 0 Å². The summed E-state index contributed by atoms with van der Waals surface area (Å²) in [5, 5.41) is 0. The van der Waals surface area contributed by atoms with Crippen molar-refractivity contribution in [3.8, 4) is 0 Å². The molecule has 0 saturated carbocycles. The highest BCUT2D eigenvalue weighted by Crippen LogP contribution is 2.22. The van der Waals surface area contributed by atoms with E-state index in [1.165, 1.54) is 205 Å². The second-order valence-corrected chi connectivity index (χ2v) is 14.5. The Bertz CT molecular complexity index is 439. The van der Waals surface area contributed by atoms with E-state index in [-0.39, 0.29) is 0 Å². The molecule has 0 N–H and O–H groups in total. The maximum atomic E-state index is 2.52. The van der Waals surface area contributed by atoms with E-state index >= 15 is 0 Å². The van der Waals surface area contributed by atoms with Crippen LogP contribution in [0.2, 0.25) is 0 Å². The average molecular weight is 563 g/mol. The van der Waals surface area contributed by atoms with Gasteiger partial charge < -0.3 is 0 Å². The van der Waals surface area contributed by atoms with Crippen molar-refractivity contribution >= 4 is 0 Å². The van der Waals surface area contributed by atoms with Crippen molar-refractivity contribution in [2.24, 2.45) is 17.8 Å². The first-order valence-electron chi connectivity index (χ1n) is 19.6. The van der Waals surface area contributed by atoms with Crippen LogP contribution in [0.3, 0.4) is 0 Å². The highest BCUT2D eigenvalue weighted by Gasteiger charge is 2.06. The minimum Gasteiger partial charge on any atom is -0.0654 e. The fraction of sp³-hybridized carbons (Fsp3) is 1.00. The van der Waals surface area contributed by atoms with Crippen molar-refractivity contribution < 1.29 is 0 Å². The molecule has 0 spiro atoms. The predicted octanol–water partition coefficient (Wildman–Crippen LogP) is 15.4. The molecule has 0 nitrogen and oxygen atoms in total. The van der Waals surface area contributed by atoms with Crippen molar-refractivity contribution in [1.82, 2.24) is 0 Å². The molecule has 0 bridgehead atoms. The molecule has 0 rings (SSSR count). The zero-order valence-corrected chi connectivity index (χ0v) is 29.4. The van der Waals surface area contributed by atoms with Crippen LogP contribution in [-0.4, -0.2) is 0 Å². The normalized spacial score (nSPS) is 14.0. The largest absolute Gasteiger partial charge is 0.0654 e. The summed E-state index contributed by atoms with van der Waals surface area (Å²) in [7, 11) is 0. The molecule has 0 heterocycles. The van der Waals surface area contributed by atoms with Crippen LogP contribution in [0.25, 0.3) is 0 Å². The summed E-state index contributed by atoms with van der Waals surface area (Å²) >= 11 is 0. The van der Waals surface area contributed by atoms with Gasteiger partial charge in [-0.2, -0.15) is 0 Å². The fourth-order valence-electron chi connectivity index (χ4n) is 6.57. The molecule has 0 aliphatic heterocycles. The molecule has 40 heavy (non-hydrogen) atoms. The van der Waals surface area contributed by atoms with Gasteiger partial charge in [0.2, 0.25) is 0 Å². The van der Waals surface area contributed by atoms with Gasteiger partial charge in [-0.15, -0.1) is 0 Å². The van der Waals surface area contributed by atoms with Gasteiger partial charge in [-0.05, 0) is 17.8 Å². The summed E-state index contributed by atoms with van der Waals surface area (Å²) in [6.07, 6.45) is 47.1. The van der Waals surface area contributed by atoms with E-state index in [0.29, 0.717) is 0 Å². The Balaban J connectivity index is 3.26. The predicted molar refractivity (Wildman–Crippen MR) is 187 cm³/mol. The summed E-state index contributed by atoms with van der Waals surface area (Å²) in [4.78, 5) is 0. The molecular formula is C40H82. The zero-order chi connectivity index (χ0) is 29.4. The lowest BCUT2D eigenvalue weighted by atomic mass is 9.92. The summed E-state index contributed by atoms with van der Waals surface area (Å²) in [6, 6.07) is 0. The quantitative estimate of drug-likeness (QED) is 0.0684. The van der Waals surface area contributed by atoms with E-state index in [4.69, 9.17) is 0 Å². The Morgan fingerprint density at radius 1 is 0.250 bits per heavy atom. The summed E-state index contributed by atoms with van der Waals surface area (Å²) in [5.74, 6) is 2.85. The van der Waals surface area contributed by atoms with E-state index in [1.807, 2.05) is 0 Å². The number of rotatable bonds is 34. The zero-order valence-electron chi connectivity index (χ0n) is 29.4. The Morgan fingerprint density at radius 2 is 0.475 bits per heavy atom. The van der Waals surface area contributed by atoms with E-state index < -0.39 is 0 Å². The SMILES string of the molecule is CCCCCCCCCCCCCCCCCCCCC(C)CCCC(C)CCCCCCCCCC(C)CC. The summed E-state index contributed by atoms with van der Waals surface area (Å²) in [6.45, 7) is 12.1. The molecule has 3 atom stereocenters. The number of hydrogen-bond donors (Lipinski definition) is 0. The molecule has 0 saturated heterocycles. The maximum absolute atomic E-state index is 2.52. The van der Waals surface area contributed by atoms with Gasteiger partial charge in [0.05, 0.1) is 0 Å². The van der Waals surface area contributed by atoms with Crippen LogP contribution in [0, 0.1) is 17.8 Å². The first-order chi connectivity index (χ1) is 19.6. The maximum Gasteiger partial charge on any atom is -0.0443 e. The number of unbranched alkanes of at least 4 members (excludes halogenated alkanes) is 23. The van der Waals surface area contributed by atoms with Crippen molar-refractivity contribution in [2.45, 2.75) is 240 Å². The lowest BCUT2D eigenvalue weighted by Crippen LogP contribution is -1.99. The molecule has 0 radical (unpaired) electrons. The van der Waals surface area contributed by atoms with Gasteiger partial charge >= 0.3 is 0 Å². The van der Waals surface area contributed by atoms with Crippen molar-refractivity contribution in [3.63, 3.8) is 0 Å². The molecule has 0 aromatic rings. The minimum atomic E-state index is 0.943. The average Bonchev–Trinajstić information content (AvgIpc) is 2.95. The van der Waals surface area contributed by atoms with Gasteiger partial charge in [-0.1, -0.05) is 240 Å². The molecule has 242 valence electrons. The van der Waals surface area contributed by atoms with Crippen LogP contribution < -0.4 is 0 Å². The Kier molecular flexibility index (Phi) is 33.5. The van der Waals surface area contributed by atoms with Gasteiger partial charge in [0.1, 0.15) is 0 Å². The fourth-order valence-corrected chi connectivity index (χ4v) is 6.57. The highest BCUT2D eigenvalue weighted by atomic mass is 14.1. The van der Waals surface area contributed by atoms with Crippen LogP contribution in [-0.2, 0) is 0 Å². The Labute approximate surface area is 257 Å². The van der Waals surface area contributed by atoms with Crippen LogP contribution >= 0.6 is 0 Å². The molecule has 0 aliphatic rings. The van der Waals surface area contributed by atoms with Crippen LogP contribution in [0.1, 0.15) is 240 Å². The van der Waals surface area contributed by atoms with E-state index in [0.717, 1.165) is 17.8 Å². The van der Waals surface area contributed by atoms with Gasteiger partial charge in [0.25, 0.3) is 0 Å². The standard InChI is InChI=1S/C40H82/c1-6-8-9-10-11-12-13-14-15-16-17-18-19-20-21-23-27-30-34-39(4)36-32-37-40(5)35-31-28-25-22-24-26-29-33-38(3)7-2/h38-40H,6-37H2,1-5H3. The van der Waals surface area contributed by atoms with Crippen molar-refractivity contribution in [2.75, 3.05) is 0 Å². The van der Waals surface area contributed by atoms with Crippen LogP contribution in [0.5, 0.6) is 0 Å². The number of hydrogen-bond acceptors (Lipinski definition) is 0. The lowest BCUT2D eigenvalue weighted by molar-refractivity contribution is 0.390. The molecule has 0 aliphatic carbocycles. The lowest BCUT2D eigenvalue weighted by Gasteiger charge is -2.14. The second kappa shape index (κ2) is 33.5. The first kappa shape index (κ1) is 40.0. The monoisotopic (exact) mass is 563 g/mol. The molecule has 3 unspecified atom stereocenters. The summed E-state index contributed by atoms with van der Waals surface area (Å²) in [5.41, 5.74) is 0. The third-order valence-corrected chi connectivity index (χ3v) is 10.0. The van der Waals surface area contributed by atoms with Gasteiger partial charge in [0.15, 0.2) is 0 Å². The van der Waals surface area contributed by atoms with Gasteiger partial charge in [-0.3, -0.25) is 0 Å². The van der Waals surface area contributed by atoms with Gasteiger partial charge in [-0.25, -0.2) is 0 Å². The topological polar surface area (TPSA) is 0 Å². The smallest absolute Gasteiger partial charge is 0.0443 e. The Hall–Kier alpha value is 0. The summed E-state index contributed by atoms with van der Waals surface area (Å²) < 4.78 is 0. The molecule has 0 aromatic heterocycles. The Morgan fingerprint density at radius 3 is 0.750 bits per heavy atom. The molecule has 0 fully saturated rings.